The quantitative estimate of drug-likeness (QED) is 0.796. The predicted molar refractivity (Wildman–Crippen MR) is 83.4 cm³/mol. The summed E-state index contributed by atoms with van der Waals surface area (Å²) in [5.41, 5.74) is 0.966. The number of benzene rings is 1. The van der Waals surface area contributed by atoms with Gasteiger partial charge in [-0.05, 0) is 52.7 Å². The molecule has 0 aliphatic carbocycles. The van der Waals surface area contributed by atoms with Crippen LogP contribution in [-0.2, 0) is 6.54 Å². The van der Waals surface area contributed by atoms with Crippen LogP contribution >= 0.6 is 15.9 Å². The first kappa shape index (κ1) is 15.6. The second kappa shape index (κ2) is 7.26. The predicted octanol–water partition coefficient (Wildman–Crippen LogP) is 4.00. The van der Waals surface area contributed by atoms with E-state index in [9.17, 15) is 4.39 Å². The van der Waals surface area contributed by atoms with Gasteiger partial charge in [-0.1, -0.05) is 6.07 Å². The van der Waals surface area contributed by atoms with Crippen molar-refractivity contribution in [2.24, 2.45) is 0 Å². The second-order valence-corrected chi connectivity index (χ2v) is 5.10. The summed E-state index contributed by atoms with van der Waals surface area (Å²) in [6, 6.07) is 8.44. The molecule has 0 aliphatic rings. The highest BCUT2D eigenvalue weighted by Gasteiger charge is 2.11. The largest absolute Gasteiger partial charge is 0.493 e. The summed E-state index contributed by atoms with van der Waals surface area (Å²) >= 11 is 3.47. The molecule has 0 spiro atoms. The molecule has 0 radical (unpaired) electrons. The van der Waals surface area contributed by atoms with Crippen molar-refractivity contribution < 1.29 is 13.9 Å². The Labute approximate surface area is 131 Å². The standard InChI is InChI=1S/C15H16BrFN2O2/c1-3-21-15-11(16)7-10(8-12(15)20-2)9-18-14-6-4-5-13(17)19-14/h4-8H,3,9H2,1-2H3,(H,18,19). The Kier molecular flexibility index (Phi) is 5.38. The van der Waals surface area contributed by atoms with Crippen LogP contribution in [0, 0.1) is 5.95 Å². The van der Waals surface area contributed by atoms with Crippen molar-refractivity contribution in [3.05, 3.63) is 46.3 Å². The summed E-state index contributed by atoms with van der Waals surface area (Å²) in [5, 5.41) is 3.06. The maximum Gasteiger partial charge on any atom is 0.214 e. The van der Waals surface area contributed by atoms with Crippen LogP contribution < -0.4 is 14.8 Å². The number of nitrogens with zero attached hydrogens (tertiary/aromatic N) is 1. The van der Waals surface area contributed by atoms with Gasteiger partial charge in [0, 0.05) is 6.54 Å². The molecule has 0 saturated heterocycles. The Balaban J connectivity index is 2.15. The molecule has 0 atom stereocenters. The normalized spacial score (nSPS) is 10.3. The Morgan fingerprint density at radius 3 is 2.81 bits per heavy atom. The summed E-state index contributed by atoms with van der Waals surface area (Å²) < 4.78 is 24.7. The van der Waals surface area contributed by atoms with Gasteiger partial charge in [0.15, 0.2) is 11.5 Å². The number of anilines is 1. The van der Waals surface area contributed by atoms with Crippen LogP contribution in [-0.4, -0.2) is 18.7 Å². The lowest BCUT2D eigenvalue weighted by molar-refractivity contribution is 0.308. The van der Waals surface area contributed by atoms with Crippen LogP contribution in [0.3, 0.4) is 0 Å². The lowest BCUT2D eigenvalue weighted by Crippen LogP contribution is -2.03. The van der Waals surface area contributed by atoms with Crippen molar-refractivity contribution in [1.29, 1.82) is 0 Å². The SMILES string of the molecule is CCOc1c(Br)cc(CNc2cccc(F)n2)cc1OC. The number of rotatable bonds is 6. The molecule has 0 unspecified atom stereocenters. The minimum atomic E-state index is -0.509. The van der Waals surface area contributed by atoms with Gasteiger partial charge in [0.1, 0.15) is 5.82 Å². The van der Waals surface area contributed by atoms with E-state index in [-0.39, 0.29) is 0 Å². The molecule has 1 heterocycles. The van der Waals surface area contributed by atoms with Crippen LogP contribution in [0.1, 0.15) is 12.5 Å². The summed E-state index contributed by atoms with van der Waals surface area (Å²) in [5.74, 6) is 1.30. The Morgan fingerprint density at radius 1 is 1.33 bits per heavy atom. The first-order chi connectivity index (χ1) is 10.1. The smallest absolute Gasteiger partial charge is 0.214 e. The molecule has 2 rings (SSSR count). The first-order valence-corrected chi connectivity index (χ1v) is 7.29. The first-order valence-electron chi connectivity index (χ1n) is 6.49. The average molecular weight is 355 g/mol. The van der Waals surface area contributed by atoms with Gasteiger partial charge < -0.3 is 14.8 Å². The molecule has 0 saturated carbocycles. The van der Waals surface area contributed by atoms with Gasteiger partial charge in [0.05, 0.1) is 18.2 Å². The third kappa shape index (κ3) is 4.07. The van der Waals surface area contributed by atoms with Gasteiger partial charge in [-0.15, -0.1) is 0 Å². The molecular formula is C15H16BrFN2O2. The minimum absolute atomic E-state index is 0.485. The van der Waals surface area contributed by atoms with E-state index >= 15 is 0 Å². The van der Waals surface area contributed by atoms with Crippen molar-refractivity contribution in [2.75, 3.05) is 19.0 Å². The number of pyridine rings is 1. The Morgan fingerprint density at radius 2 is 2.14 bits per heavy atom. The number of hydrogen-bond donors (Lipinski definition) is 1. The van der Waals surface area contributed by atoms with E-state index < -0.39 is 5.95 Å². The molecule has 2 aromatic rings. The highest BCUT2D eigenvalue weighted by atomic mass is 79.9. The maximum atomic E-state index is 13.0. The summed E-state index contributed by atoms with van der Waals surface area (Å²) in [4.78, 5) is 3.75. The highest BCUT2D eigenvalue weighted by molar-refractivity contribution is 9.10. The molecule has 1 N–H and O–H groups in total. The van der Waals surface area contributed by atoms with E-state index in [4.69, 9.17) is 9.47 Å². The molecule has 0 aliphatic heterocycles. The lowest BCUT2D eigenvalue weighted by atomic mass is 10.2. The number of methoxy groups -OCH3 is 1. The monoisotopic (exact) mass is 354 g/mol. The molecule has 1 aromatic carbocycles. The van der Waals surface area contributed by atoms with E-state index in [1.54, 1.807) is 19.2 Å². The van der Waals surface area contributed by atoms with Crippen molar-refractivity contribution in [3.8, 4) is 11.5 Å². The number of hydrogen-bond acceptors (Lipinski definition) is 4. The molecule has 0 amide bonds. The zero-order valence-electron chi connectivity index (χ0n) is 11.8. The molecule has 0 fully saturated rings. The zero-order chi connectivity index (χ0) is 15.2. The number of halogens is 2. The average Bonchev–Trinajstić information content (AvgIpc) is 2.47. The van der Waals surface area contributed by atoms with E-state index in [2.05, 4.69) is 26.2 Å². The topological polar surface area (TPSA) is 43.4 Å². The molecule has 112 valence electrons. The van der Waals surface area contributed by atoms with Crippen LogP contribution in [0.2, 0.25) is 0 Å². The summed E-state index contributed by atoms with van der Waals surface area (Å²) in [6.45, 7) is 2.97. The van der Waals surface area contributed by atoms with Gasteiger partial charge in [-0.3, -0.25) is 0 Å². The fourth-order valence-electron chi connectivity index (χ4n) is 1.86. The molecule has 1 aromatic heterocycles. The van der Waals surface area contributed by atoms with Crippen molar-refractivity contribution in [2.45, 2.75) is 13.5 Å². The van der Waals surface area contributed by atoms with Gasteiger partial charge in [0.2, 0.25) is 5.95 Å². The zero-order valence-corrected chi connectivity index (χ0v) is 13.4. The summed E-state index contributed by atoms with van der Waals surface area (Å²) in [7, 11) is 1.59. The van der Waals surface area contributed by atoms with Crippen LogP contribution in [0.4, 0.5) is 10.2 Å². The molecular weight excluding hydrogens is 339 g/mol. The van der Waals surface area contributed by atoms with Crippen molar-refractivity contribution in [1.82, 2.24) is 4.98 Å². The number of ether oxygens (including phenoxy) is 2. The van der Waals surface area contributed by atoms with E-state index in [1.807, 2.05) is 19.1 Å². The molecule has 4 nitrogen and oxygen atoms in total. The number of aromatic nitrogens is 1. The lowest BCUT2D eigenvalue weighted by Gasteiger charge is -2.14. The van der Waals surface area contributed by atoms with Crippen molar-refractivity contribution >= 4 is 21.7 Å². The van der Waals surface area contributed by atoms with Gasteiger partial charge in [-0.25, -0.2) is 4.98 Å². The highest BCUT2D eigenvalue weighted by Crippen LogP contribution is 2.36. The maximum absolute atomic E-state index is 13.0. The van der Waals surface area contributed by atoms with Gasteiger partial charge in [-0.2, -0.15) is 4.39 Å². The summed E-state index contributed by atoms with van der Waals surface area (Å²) in [6.07, 6.45) is 0. The third-order valence-electron chi connectivity index (χ3n) is 2.77. The van der Waals surface area contributed by atoms with Crippen LogP contribution in [0.5, 0.6) is 11.5 Å². The third-order valence-corrected chi connectivity index (χ3v) is 3.36. The van der Waals surface area contributed by atoms with Crippen LogP contribution in [0.15, 0.2) is 34.8 Å². The van der Waals surface area contributed by atoms with Crippen molar-refractivity contribution in [3.63, 3.8) is 0 Å². The fraction of sp³-hybridized carbons (Fsp3) is 0.267. The molecule has 21 heavy (non-hydrogen) atoms. The minimum Gasteiger partial charge on any atom is -0.493 e. The second-order valence-electron chi connectivity index (χ2n) is 4.24. The fourth-order valence-corrected chi connectivity index (χ4v) is 2.46. The van der Waals surface area contributed by atoms with E-state index in [0.717, 1.165) is 10.0 Å². The van der Waals surface area contributed by atoms with Gasteiger partial charge in [0.25, 0.3) is 0 Å². The van der Waals surface area contributed by atoms with Crippen LogP contribution in [0.25, 0.3) is 0 Å². The molecule has 0 bridgehead atoms. The number of nitrogens with one attached hydrogen (secondary N) is 1. The Bertz CT molecular complexity index is 623. The van der Waals surface area contributed by atoms with E-state index in [1.165, 1.54) is 6.07 Å². The molecule has 6 heteroatoms. The Hall–Kier alpha value is -1.82. The van der Waals surface area contributed by atoms with Gasteiger partial charge >= 0.3 is 0 Å². The van der Waals surface area contributed by atoms with E-state index in [0.29, 0.717) is 30.5 Å².